The number of amides is 2. The average Bonchev–Trinajstić information content (AvgIpc) is 2.36. The minimum Gasteiger partial charge on any atom is -0.480 e. The molecule has 1 heterocycles. The van der Waals surface area contributed by atoms with Crippen LogP contribution in [0.3, 0.4) is 0 Å². The number of hydrogen-bond donors (Lipinski definition) is 3. The van der Waals surface area contributed by atoms with Crippen LogP contribution in [0.2, 0.25) is 0 Å². The van der Waals surface area contributed by atoms with E-state index in [1.807, 2.05) is 13.8 Å². The van der Waals surface area contributed by atoms with Crippen molar-refractivity contribution in [2.45, 2.75) is 45.2 Å². The normalized spacial score (nSPS) is 19.9. The molecule has 6 heteroatoms. The van der Waals surface area contributed by atoms with Gasteiger partial charge in [0.2, 0.25) is 0 Å². The Labute approximate surface area is 107 Å². The molecule has 1 saturated heterocycles. The summed E-state index contributed by atoms with van der Waals surface area (Å²) in [5.74, 6) is -1.09. The summed E-state index contributed by atoms with van der Waals surface area (Å²) in [6.45, 7) is 4.99. The molecule has 1 rings (SSSR count). The van der Waals surface area contributed by atoms with E-state index >= 15 is 0 Å². The van der Waals surface area contributed by atoms with Gasteiger partial charge in [-0.2, -0.15) is 0 Å². The fourth-order valence-electron chi connectivity index (χ4n) is 1.89. The first-order valence-corrected chi connectivity index (χ1v) is 6.42. The van der Waals surface area contributed by atoms with Gasteiger partial charge in [-0.15, -0.1) is 0 Å². The summed E-state index contributed by atoms with van der Waals surface area (Å²) >= 11 is 0. The third kappa shape index (κ3) is 4.52. The number of urea groups is 1. The molecule has 0 aromatic heterocycles. The van der Waals surface area contributed by atoms with Gasteiger partial charge in [0, 0.05) is 19.3 Å². The van der Waals surface area contributed by atoms with Crippen molar-refractivity contribution in [3.05, 3.63) is 0 Å². The Morgan fingerprint density at radius 3 is 2.50 bits per heavy atom. The third-order valence-corrected chi connectivity index (χ3v) is 3.32. The minimum absolute atomic E-state index is 0.0742. The molecule has 2 amide bonds. The molecule has 1 aliphatic heterocycles. The van der Waals surface area contributed by atoms with Crippen molar-refractivity contribution >= 4 is 12.0 Å². The predicted octanol–water partition coefficient (Wildman–Crippen LogP) is 0.964. The number of rotatable bonds is 5. The molecule has 1 fully saturated rings. The zero-order valence-electron chi connectivity index (χ0n) is 10.9. The Balaban J connectivity index is 2.42. The molecular formula is C12H22N2O4. The lowest BCUT2D eigenvalue weighted by Crippen LogP contribution is -2.52. The zero-order chi connectivity index (χ0) is 13.5. The Bertz CT molecular complexity index is 290. The third-order valence-electron chi connectivity index (χ3n) is 3.32. The van der Waals surface area contributed by atoms with E-state index in [0.29, 0.717) is 19.6 Å². The average molecular weight is 258 g/mol. The van der Waals surface area contributed by atoms with E-state index in [1.165, 1.54) is 0 Å². The van der Waals surface area contributed by atoms with Gasteiger partial charge < -0.3 is 20.5 Å². The van der Waals surface area contributed by atoms with E-state index < -0.39 is 18.0 Å². The topological polar surface area (TPSA) is 87.7 Å². The lowest BCUT2D eigenvalue weighted by atomic mass is 9.99. The summed E-state index contributed by atoms with van der Waals surface area (Å²) in [6, 6.07) is -1.17. The smallest absolute Gasteiger partial charge is 0.326 e. The summed E-state index contributed by atoms with van der Waals surface area (Å²) in [5.41, 5.74) is 0. The van der Waals surface area contributed by atoms with Gasteiger partial charge in [0.15, 0.2) is 0 Å². The van der Waals surface area contributed by atoms with Crippen LogP contribution in [0.5, 0.6) is 0 Å². The number of aliphatic carboxylic acids is 1. The Morgan fingerprint density at radius 1 is 1.39 bits per heavy atom. The number of ether oxygens (including phenoxy) is 1. The second-order valence-electron chi connectivity index (χ2n) is 4.71. The van der Waals surface area contributed by atoms with Gasteiger partial charge in [-0.05, 0) is 18.8 Å². The highest BCUT2D eigenvalue weighted by Gasteiger charge is 2.26. The maximum absolute atomic E-state index is 11.7. The number of carboxylic acids is 1. The van der Waals surface area contributed by atoms with Crippen molar-refractivity contribution in [1.82, 2.24) is 10.6 Å². The number of nitrogens with one attached hydrogen (secondary N) is 2. The molecule has 104 valence electrons. The highest BCUT2D eigenvalue weighted by atomic mass is 16.5. The molecule has 0 saturated carbocycles. The molecule has 18 heavy (non-hydrogen) atoms. The van der Waals surface area contributed by atoms with Gasteiger partial charge in [-0.25, -0.2) is 9.59 Å². The van der Waals surface area contributed by atoms with E-state index in [1.54, 1.807) is 0 Å². The van der Waals surface area contributed by atoms with Gasteiger partial charge in [-0.3, -0.25) is 0 Å². The Morgan fingerprint density at radius 2 is 2.00 bits per heavy atom. The van der Waals surface area contributed by atoms with Crippen molar-refractivity contribution in [2.75, 3.05) is 13.2 Å². The van der Waals surface area contributed by atoms with E-state index in [9.17, 15) is 9.59 Å². The van der Waals surface area contributed by atoms with Gasteiger partial charge in [0.1, 0.15) is 6.04 Å². The summed E-state index contributed by atoms with van der Waals surface area (Å²) in [7, 11) is 0. The Hall–Kier alpha value is -1.30. The number of carbonyl (C=O) groups excluding carboxylic acids is 1. The molecule has 0 aromatic rings. The molecule has 0 radical (unpaired) electrons. The van der Waals surface area contributed by atoms with Crippen LogP contribution in [-0.2, 0) is 9.53 Å². The van der Waals surface area contributed by atoms with E-state index in [0.717, 1.165) is 12.8 Å². The van der Waals surface area contributed by atoms with Crippen LogP contribution in [0.1, 0.15) is 33.1 Å². The number of carbonyl (C=O) groups is 2. The summed E-state index contributed by atoms with van der Waals surface area (Å²) in [4.78, 5) is 22.8. The first-order valence-electron chi connectivity index (χ1n) is 6.42. The molecule has 0 aliphatic carbocycles. The van der Waals surface area contributed by atoms with Crippen LogP contribution in [0.15, 0.2) is 0 Å². The second-order valence-corrected chi connectivity index (χ2v) is 4.71. The van der Waals surface area contributed by atoms with Gasteiger partial charge in [-0.1, -0.05) is 20.3 Å². The quantitative estimate of drug-likeness (QED) is 0.685. The van der Waals surface area contributed by atoms with Crippen molar-refractivity contribution in [2.24, 2.45) is 5.92 Å². The van der Waals surface area contributed by atoms with E-state index in [4.69, 9.17) is 9.84 Å². The molecule has 2 unspecified atom stereocenters. The van der Waals surface area contributed by atoms with Crippen molar-refractivity contribution in [3.8, 4) is 0 Å². The molecular weight excluding hydrogens is 236 g/mol. The predicted molar refractivity (Wildman–Crippen MR) is 66.4 cm³/mol. The van der Waals surface area contributed by atoms with Crippen molar-refractivity contribution < 1.29 is 19.4 Å². The minimum atomic E-state index is -0.994. The molecule has 0 spiro atoms. The molecule has 0 bridgehead atoms. The Kier molecular flexibility index (Phi) is 5.91. The van der Waals surface area contributed by atoms with E-state index in [-0.39, 0.29) is 12.0 Å². The lowest BCUT2D eigenvalue weighted by Gasteiger charge is -2.25. The maximum atomic E-state index is 11.7. The number of carboxylic acid groups (broad SMARTS) is 1. The maximum Gasteiger partial charge on any atom is 0.326 e. The zero-order valence-corrected chi connectivity index (χ0v) is 10.9. The van der Waals surface area contributed by atoms with Gasteiger partial charge >= 0.3 is 12.0 Å². The van der Waals surface area contributed by atoms with Crippen LogP contribution in [0.4, 0.5) is 4.79 Å². The first kappa shape index (κ1) is 14.8. The van der Waals surface area contributed by atoms with Gasteiger partial charge in [0.25, 0.3) is 0 Å². The summed E-state index contributed by atoms with van der Waals surface area (Å²) in [6.07, 6.45) is 2.25. The van der Waals surface area contributed by atoms with Crippen molar-refractivity contribution in [3.63, 3.8) is 0 Å². The fourth-order valence-corrected chi connectivity index (χ4v) is 1.89. The molecule has 6 nitrogen and oxygen atoms in total. The van der Waals surface area contributed by atoms with E-state index in [2.05, 4.69) is 10.6 Å². The van der Waals surface area contributed by atoms with Crippen LogP contribution in [-0.4, -0.2) is 42.4 Å². The molecule has 3 N–H and O–H groups in total. The highest BCUT2D eigenvalue weighted by molar-refractivity contribution is 5.82. The fraction of sp³-hybridized carbons (Fsp3) is 0.833. The van der Waals surface area contributed by atoms with Gasteiger partial charge in [0.05, 0.1) is 0 Å². The number of hydrogen-bond acceptors (Lipinski definition) is 3. The molecule has 0 aromatic carbocycles. The second kappa shape index (κ2) is 7.20. The molecule has 1 aliphatic rings. The SMILES string of the molecule is CCC(C)C(NC(=O)NC1CCOCC1)C(=O)O. The molecule has 2 atom stereocenters. The van der Waals surface area contributed by atoms with Crippen LogP contribution >= 0.6 is 0 Å². The largest absolute Gasteiger partial charge is 0.480 e. The monoisotopic (exact) mass is 258 g/mol. The van der Waals surface area contributed by atoms with Crippen LogP contribution < -0.4 is 10.6 Å². The lowest BCUT2D eigenvalue weighted by molar-refractivity contribution is -0.140. The summed E-state index contributed by atoms with van der Waals surface area (Å²) < 4.78 is 5.19. The van der Waals surface area contributed by atoms with Crippen LogP contribution in [0, 0.1) is 5.92 Å². The van der Waals surface area contributed by atoms with Crippen LogP contribution in [0.25, 0.3) is 0 Å². The highest BCUT2D eigenvalue weighted by Crippen LogP contribution is 2.09. The summed E-state index contributed by atoms with van der Waals surface area (Å²) in [5, 5.41) is 14.4. The first-order chi connectivity index (χ1) is 8.54. The standard InChI is InChI=1S/C12H22N2O4/c1-3-8(2)10(11(15)16)14-12(17)13-9-4-6-18-7-5-9/h8-10H,3-7H2,1-2H3,(H,15,16)(H2,13,14,17). The van der Waals surface area contributed by atoms with Crippen molar-refractivity contribution in [1.29, 1.82) is 0 Å².